The van der Waals surface area contributed by atoms with Crippen LogP contribution in [0, 0.1) is 28.4 Å². The first-order valence-corrected chi connectivity index (χ1v) is 9.14. The fraction of sp³-hybridized carbons (Fsp3) is 0.0435. The highest BCUT2D eigenvalue weighted by molar-refractivity contribution is 6.17. The Labute approximate surface area is 168 Å². The van der Waals surface area contributed by atoms with Gasteiger partial charge in [0.1, 0.15) is 11.6 Å². The third kappa shape index (κ3) is 2.48. The molecule has 30 heavy (non-hydrogen) atoms. The largest absolute Gasteiger partial charge is 0.419 e. The zero-order chi connectivity index (χ0) is 21.0. The van der Waals surface area contributed by atoms with Gasteiger partial charge in [0, 0.05) is 39.4 Å². The van der Waals surface area contributed by atoms with Crippen molar-refractivity contribution in [1.29, 1.82) is 5.26 Å². The zero-order valence-corrected chi connectivity index (χ0v) is 15.7. The van der Waals surface area contributed by atoms with E-state index in [2.05, 4.69) is 4.98 Å². The molecule has 2 aromatic heterocycles. The van der Waals surface area contributed by atoms with Gasteiger partial charge in [-0.05, 0) is 30.7 Å². The highest BCUT2D eigenvalue weighted by Gasteiger charge is 2.20. The van der Waals surface area contributed by atoms with E-state index in [-0.39, 0.29) is 11.3 Å². The number of nitrogens with zero attached hydrogens (tertiary/aromatic N) is 2. The lowest BCUT2D eigenvalue weighted by Gasteiger charge is -2.08. The van der Waals surface area contributed by atoms with E-state index in [1.165, 1.54) is 18.2 Å². The minimum atomic E-state index is -0.783. The summed E-state index contributed by atoms with van der Waals surface area (Å²) in [5, 5.41) is 23.2. The predicted octanol–water partition coefficient (Wildman–Crippen LogP) is 5.18. The molecule has 0 bridgehead atoms. The van der Waals surface area contributed by atoms with Gasteiger partial charge in [0.15, 0.2) is 5.58 Å². The zero-order valence-electron chi connectivity index (χ0n) is 15.7. The Morgan fingerprint density at radius 3 is 2.63 bits per heavy atom. The van der Waals surface area contributed by atoms with Crippen LogP contribution in [0.2, 0.25) is 0 Å². The van der Waals surface area contributed by atoms with Gasteiger partial charge in [-0.1, -0.05) is 29.8 Å². The van der Waals surface area contributed by atoms with E-state index in [9.17, 15) is 20.2 Å². The maximum atomic E-state index is 12.7. The molecule has 7 nitrogen and oxygen atoms in total. The first kappa shape index (κ1) is 17.6. The number of rotatable bonds is 2. The fourth-order valence-corrected chi connectivity index (χ4v) is 3.92. The fourth-order valence-electron chi connectivity index (χ4n) is 3.92. The standard InChI is InChI=1S/C23H13N3O4/c1-12-5-8-19-17(9-12)15-6-7-16-20(13-3-2-4-14(10-13)26(28)29)18(11-24)23(27)30-22(16)21(15)25-19/h2-10,25H,1H3. The molecule has 0 unspecified atom stereocenters. The van der Waals surface area contributed by atoms with Crippen molar-refractivity contribution in [2.75, 3.05) is 0 Å². The summed E-state index contributed by atoms with van der Waals surface area (Å²) in [6.07, 6.45) is 0. The van der Waals surface area contributed by atoms with Crippen LogP contribution in [-0.4, -0.2) is 9.91 Å². The summed E-state index contributed by atoms with van der Waals surface area (Å²) in [6.45, 7) is 2.00. The summed E-state index contributed by atoms with van der Waals surface area (Å²) in [5.41, 5.74) is 2.58. The van der Waals surface area contributed by atoms with Gasteiger partial charge < -0.3 is 9.40 Å². The Morgan fingerprint density at radius 2 is 1.87 bits per heavy atom. The van der Waals surface area contributed by atoms with Crippen molar-refractivity contribution in [2.45, 2.75) is 6.92 Å². The monoisotopic (exact) mass is 395 g/mol. The number of H-pyrrole nitrogens is 1. The normalized spacial score (nSPS) is 11.2. The number of hydrogen-bond acceptors (Lipinski definition) is 5. The van der Waals surface area contributed by atoms with Crippen molar-refractivity contribution in [3.05, 3.63) is 86.3 Å². The topological polar surface area (TPSA) is 113 Å². The van der Waals surface area contributed by atoms with Gasteiger partial charge in [-0.15, -0.1) is 0 Å². The lowest BCUT2D eigenvalue weighted by atomic mass is 9.96. The molecule has 5 aromatic rings. The number of aromatic nitrogens is 1. The van der Waals surface area contributed by atoms with E-state index in [0.717, 1.165) is 21.9 Å². The SMILES string of the molecule is Cc1ccc2[nH]c3c(ccc4c(-c5cccc([N+](=O)[O-])c5)c(C#N)c(=O)oc43)c2c1. The van der Waals surface area contributed by atoms with E-state index in [1.807, 2.05) is 37.3 Å². The van der Waals surface area contributed by atoms with E-state index in [1.54, 1.807) is 12.1 Å². The van der Waals surface area contributed by atoms with Gasteiger partial charge in [-0.2, -0.15) is 5.26 Å². The maximum Gasteiger partial charge on any atom is 0.355 e. The lowest BCUT2D eigenvalue weighted by molar-refractivity contribution is -0.384. The third-order valence-corrected chi connectivity index (χ3v) is 5.26. The number of aromatic amines is 1. The van der Waals surface area contributed by atoms with Crippen LogP contribution in [0.3, 0.4) is 0 Å². The molecule has 0 atom stereocenters. The van der Waals surface area contributed by atoms with Crippen LogP contribution >= 0.6 is 0 Å². The lowest BCUT2D eigenvalue weighted by Crippen LogP contribution is -2.07. The Hall–Kier alpha value is -4.44. The quantitative estimate of drug-likeness (QED) is 0.251. The Balaban J connectivity index is 1.95. The molecular formula is C23H13N3O4. The number of hydrogen-bond donors (Lipinski definition) is 1. The second-order valence-corrected chi connectivity index (χ2v) is 7.10. The van der Waals surface area contributed by atoms with Crippen LogP contribution in [-0.2, 0) is 0 Å². The first-order chi connectivity index (χ1) is 14.5. The van der Waals surface area contributed by atoms with Crippen LogP contribution in [0.15, 0.2) is 63.8 Å². The Kier molecular flexibility index (Phi) is 3.70. The number of non-ortho nitro benzene ring substituents is 1. The summed E-state index contributed by atoms with van der Waals surface area (Å²) in [5.74, 6) is 0. The minimum Gasteiger partial charge on any atom is -0.419 e. The van der Waals surface area contributed by atoms with Crippen LogP contribution in [0.5, 0.6) is 0 Å². The number of nitro benzene ring substituents is 1. The van der Waals surface area contributed by atoms with Crippen LogP contribution in [0.1, 0.15) is 11.1 Å². The van der Waals surface area contributed by atoms with Gasteiger partial charge in [-0.3, -0.25) is 10.1 Å². The predicted molar refractivity (Wildman–Crippen MR) is 113 cm³/mol. The summed E-state index contributed by atoms with van der Waals surface area (Å²) in [7, 11) is 0. The van der Waals surface area contributed by atoms with Gasteiger partial charge in [0.2, 0.25) is 0 Å². The van der Waals surface area contributed by atoms with Gasteiger partial charge >= 0.3 is 5.63 Å². The molecule has 0 aliphatic rings. The number of fused-ring (bicyclic) bond motifs is 5. The molecule has 0 radical (unpaired) electrons. The summed E-state index contributed by atoms with van der Waals surface area (Å²) in [6, 6.07) is 17.5. The van der Waals surface area contributed by atoms with Gasteiger partial charge in [0.25, 0.3) is 5.69 Å². The van der Waals surface area contributed by atoms with Crippen molar-refractivity contribution in [3.63, 3.8) is 0 Å². The molecule has 3 aromatic carbocycles. The number of nitro groups is 1. The molecule has 2 heterocycles. The van der Waals surface area contributed by atoms with Crippen LogP contribution in [0.25, 0.3) is 43.9 Å². The summed E-state index contributed by atoms with van der Waals surface area (Å²) in [4.78, 5) is 26.7. The molecule has 0 spiro atoms. The van der Waals surface area contributed by atoms with Crippen molar-refractivity contribution in [2.24, 2.45) is 0 Å². The van der Waals surface area contributed by atoms with Crippen LogP contribution in [0.4, 0.5) is 5.69 Å². The number of nitrogens with one attached hydrogen (secondary N) is 1. The minimum absolute atomic E-state index is 0.125. The second-order valence-electron chi connectivity index (χ2n) is 7.10. The Bertz CT molecular complexity index is 1620. The van der Waals surface area contributed by atoms with Crippen molar-refractivity contribution < 1.29 is 9.34 Å². The van der Waals surface area contributed by atoms with Crippen LogP contribution < -0.4 is 5.63 Å². The first-order valence-electron chi connectivity index (χ1n) is 9.14. The highest BCUT2D eigenvalue weighted by Crippen LogP contribution is 2.37. The molecule has 0 fully saturated rings. The molecular weight excluding hydrogens is 382 g/mol. The number of aryl methyl sites for hydroxylation is 1. The molecule has 0 saturated carbocycles. The van der Waals surface area contributed by atoms with E-state index < -0.39 is 10.5 Å². The molecule has 0 amide bonds. The third-order valence-electron chi connectivity index (χ3n) is 5.26. The van der Waals surface area contributed by atoms with Gasteiger partial charge in [-0.25, -0.2) is 4.79 Å². The maximum absolute atomic E-state index is 12.7. The molecule has 5 rings (SSSR count). The smallest absolute Gasteiger partial charge is 0.355 e. The summed E-state index contributed by atoms with van der Waals surface area (Å²) >= 11 is 0. The molecule has 0 aliphatic heterocycles. The number of benzene rings is 3. The molecule has 144 valence electrons. The second kappa shape index (κ2) is 6.29. The molecule has 0 aliphatic carbocycles. The highest BCUT2D eigenvalue weighted by atomic mass is 16.6. The van der Waals surface area contributed by atoms with Gasteiger partial charge in [0.05, 0.1) is 10.4 Å². The molecule has 7 heteroatoms. The van der Waals surface area contributed by atoms with Crippen molar-refractivity contribution >= 4 is 38.5 Å². The van der Waals surface area contributed by atoms with E-state index in [4.69, 9.17) is 4.42 Å². The van der Waals surface area contributed by atoms with Crippen molar-refractivity contribution in [1.82, 2.24) is 4.98 Å². The van der Waals surface area contributed by atoms with E-state index >= 15 is 0 Å². The van der Waals surface area contributed by atoms with Crippen molar-refractivity contribution in [3.8, 4) is 17.2 Å². The average Bonchev–Trinajstić information content (AvgIpc) is 3.11. The molecule has 0 saturated heterocycles. The average molecular weight is 395 g/mol. The summed E-state index contributed by atoms with van der Waals surface area (Å²) < 4.78 is 5.55. The van der Waals surface area contributed by atoms with E-state index in [0.29, 0.717) is 27.6 Å². The Morgan fingerprint density at radius 1 is 1.07 bits per heavy atom. The molecule has 1 N–H and O–H groups in total. The number of nitriles is 1.